The first-order chi connectivity index (χ1) is 14.9. The predicted molar refractivity (Wildman–Crippen MR) is 135 cm³/mol. The Kier molecular flexibility index (Phi) is 8.67. The van der Waals surface area contributed by atoms with Gasteiger partial charge in [0.25, 0.3) is 0 Å². The summed E-state index contributed by atoms with van der Waals surface area (Å²) in [4.78, 5) is 5.23. The van der Waals surface area contributed by atoms with Crippen molar-refractivity contribution in [2.24, 2.45) is 10.9 Å². The third-order valence-corrected chi connectivity index (χ3v) is 6.17. The average molecular weight is 419 g/mol. The molecule has 3 rings (SSSR count). The smallest absolute Gasteiger partial charge is 0.145 e. The molecule has 0 radical (unpaired) electrons. The average Bonchev–Trinajstić information content (AvgIpc) is 3.06. The number of para-hydroxylation sites is 1. The normalized spacial score (nSPS) is 27.8. The summed E-state index contributed by atoms with van der Waals surface area (Å²) >= 11 is 0. The lowest BCUT2D eigenvalue weighted by atomic mass is 9.68. The molecule has 1 aliphatic carbocycles. The lowest BCUT2D eigenvalue weighted by Gasteiger charge is -2.43. The van der Waals surface area contributed by atoms with Gasteiger partial charge in [-0.25, -0.2) is 0 Å². The first-order valence-electron chi connectivity index (χ1n) is 11.2. The molecule has 2 aliphatic rings. The topological polar surface area (TPSA) is 33.6 Å². The lowest BCUT2D eigenvalue weighted by molar-refractivity contribution is 0.337. The molecular formula is C28H38N2O. The summed E-state index contributed by atoms with van der Waals surface area (Å²) in [7, 11) is 0. The van der Waals surface area contributed by atoms with Gasteiger partial charge in [-0.3, -0.25) is 4.99 Å². The van der Waals surface area contributed by atoms with Gasteiger partial charge in [0.15, 0.2) is 0 Å². The molecule has 31 heavy (non-hydrogen) atoms. The fraction of sp³-hybridized carbons (Fsp3) is 0.393. The first kappa shape index (κ1) is 24.5. The van der Waals surface area contributed by atoms with Crippen LogP contribution in [-0.2, 0) is 0 Å². The summed E-state index contributed by atoms with van der Waals surface area (Å²) in [5.74, 6) is 2.28. The number of aliphatic imine (C=N–C) groups is 1. The van der Waals surface area contributed by atoms with Crippen molar-refractivity contribution in [1.29, 1.82) is 0 Å². The second kappa shape index (κ2) is 11.0. The minimum absolute atomic E-state index is 0.334. The van der Waals surface area contributed by atoms with Crippen molar-refractivity contribution in [3.05, 3.63) is 91.1 Å². The molecule has 1 heterocycles. The molecule has 1 aromatic rings. The van der Waals surface area contributed by atoms with Crippen LogP contribution < -0.4 is 10.1 Å². The lowest BCUT2D eigenvalue weighted by Crippen LogP contribution is -2.57. The van der Waals surface area contributed by atoms with E-state index in [1.54, 1.807) is 0 Å². The number of ether oxygens (including phenoxy) is 1. The van der Waals surface area contributed by atoms with Crippen LogP contribution in [-0.4, -0.2) is 23.5 Å². The van der Waals surface area contributed by atoms with Crippen LogP contribution in [0.1, 0.15) is 47.5 Å². The van der Waals surface area contributed by atoms with Crippen LogP contribution in [0.2, 0.25) is 0 Å². The third-order valence-electron chi connectivity index (χ3n) is 6.17. The zero-order chi connectivity index (χ0) is 22.9. The molecule has 0 fully saturated rings. The molecule has 1 aliphatic heterocycles. The summed E-state index contributed by atoms with van der Waals surface area (Å²) in [6.45, 7) is 17.5. The van der Waals surface area contributed by atoms with Gasteiger partial charge < -0.3 is 10.1 Å². The summed E-state index contributed by atoms with van der Waals surface area (Å²) < 4.78 is 6.02. The van der Waals surface area contributed by atoms with Gasteiger partial charge in [-0.15, -0.1) is 13.2 Å². The molecule has 166 valence electrons. The Labute approximate surface area is 189 Å². The van der Waals surface area contributed by atoms with Gasteiger partial charge >= 0.3 is 0 Å². The molecule has 3 nitrogen and oxygen atoms in total. The van der Waals surface area contributed by atoms with Crippen molar-refractivity contribution in [3.8, 4) is 5.75 Å². The Bertz CT molecular complexity index is 878. The zero-order valence-corrected chi connectivity index (χ0v) is 19.8. The summed E-state index contributed by atoms with van der Waals surface area (Å²) in [6.07, 6.45) is 15.4. The SMILES string of the molecule is C/C=C(\C=C/CC)[C@]1(C)NC(COc2ccccc2)=N[C@]1(C)C1=CC=CC(C)C1.C=C. The molecule has 0 spiro atoms. The minimum atomic E-state index is -0.374. The third kappa shape index (κ3) is 5.28. The van der Waals surface area contributed by atoms with Crippen molar-refractivity contribution in [2.75, 3.05) is 6.61 Å². The highest BCUT2D eigenvalue weighted by Crippen LogP contribution is 2.45. The molecule has 1 aromatic carbocycles. The van der Waals surface area contributed by atoms with Crippen LogP contribution in [0.25, 0.3) is 0 Å². The van der Waals surface area contributed by atoms with E-state index in [0.29, 0.717) is 12.5 Å². The second-order valence-corrected chi connectivity index (χ2v) is 8.30. The van der Waals surface area contributed by atoms with Crippen LogP contribution in [0.4, 0.5) is 0 Å². The molecule has 0 aromatic heterocycles. The predicted octanol–water partition coefficient (Wildman–Crippen LogP) is 6.82. The van der Waals surface area contributed by atoms with Crippen molar-refractivity contribution < 1.29 is 4.74 Å². The fourth-order valence-corrected chi connectivity index (χ4v) is 4.30. The largest absolute Gasteiger partial charge is 0.486 e. The van der Waals surface area contributed by atoms with Gasteiger partial charge in [0.05, 0.1) is 5.54 Å². The van der Waals surface area contributed by atoms with E-state index in [2.05, 4.69) is 89.5 Å². The van der Waals surface area contributed by atoms with Crippen LogP contribution in [0.15, 0.2) is 96.1 Å². The van der Waals surface area contributed by atoms with E-state index in [1.165, 1.54) is 11.1 Å². The van der Waals surface area contributed by atoms with E-state index >= 15 is 0 Å². The second-order valence-electron chi connectivity index (χ2n) is 8.30. The number of hydrogen-bond acceptors (Lipinski definition) is 3. The summed E-state index contributed by atoms with van der Waals surface area (Å²) in [5, 5.41) is 3.74. The van der Waals surface area contributed by atoms with Gasteiger partial charge in [-0.05, 0) is 62.8 Å². The Hall–Kier alpha value is -2.81. The molecule has 3 atom stereocenters. The van der Waals surface area contributed by atoms with Crippen molar-refractivity contribution >= 4 is 5.84 Å². The Morgan fingerprint density at radius 1 is 1.26 bits per heavy atom. The number of nitrogens with zero attached hydrogens (tertiary/aromatic N) is 1. The number of hydrogen-bond donors (Lipinski definition) is 1. The van der Waals surface area contributed by atoms with E-state index in [9.17, 15) is 0 Å². The highest BCUT2D eigenvalue weighted by Gasteiger charge is 2.53. The number of allylic oxidation sites excluding steroid dienone is 5. The Balaban J connectivity index is 0.00000166. The summed E-state index contributed by atoms with van der Waals surface area (Å²) in [6, 6.07) is 9.93. The van der Waals surface area contributed by atoms with Crippen molar-refractivity contribution in [2.45, 2.75) is 58.5 Å². The number of rotatable bonds is 7. The van der Waals surface area contributed by atoms with Crippen molar-refractivity contribution in [1.82, 2.24) is 5.32 Å². The molecule has 0 saturated carbocycles. The van der Waals surface area contributed by atoms with Crippen LogP contribution in [0.3, 0.4) is 0 Å². The number of nitrogens with one attached hydrogen (secondary N) is 1. The van der Waals surface area contributed by atoms with Gasteiger partial charge in [-0.2, -0.15) is 0 Å². The van der Waals surface area contributed by atoms with Gasteiger partial charge in [0.1, 0.15) is 23.7 Å². The first-order valence-corrected chi connectivity index (χ1v) is 11.2. The van der Waals surface area contributed by atoms with E-state index in [0.717, 1.165) is 24.4 Å². The monoisotopic (exact) mass is 418 g/mol. The van der Waals surface area contributed by atoms with Crippen LogP contribution in [0, 0.1) is 5.92 Å². The molecule has 0 saturated heterocycles. The van der Waals surface area contributed by atoms with Crippen LogP contribution in [0.5, 0.6) is 5.75 Å². The Morgan fingerprint density at radius 2 is 1.97 bits per heavy atom. The maximum atomic E-state index is 6.02. The van der Waals surface area contributed by atoms with Gasteiger partial charge in [0, 0.05) is 0 Å². The summed E-state index contributed by atoms with van der Waals surface area (Å²) in [5.41, 5.74) is 1.91. The minimum Gasteiger partial charge on any atom is -0.486 e. The standard InChI is InChI=1S/C26H34N2O.C2H4/c1-6-8-14-21(7-2)25(4)26(5,22-15-12-13-20(3)18-22)28-24(27-25)19-29-23-16-10-9-11-17-23;1-2/h7-17,20H,6,18-19H2,1-5H3,(H,27,28);1-2H2/b14-8-,21-7+;/t20?,25-,26+;/m0./s1. The molecule has 1 N–H and O–H groups in total. The van der Waals surface area contributed by atoms with Gasteiger partial charge in [-0.1, -0.05) is 68.5 Å². The number of amidine groups is 1. The molecule has 0 amide bonds. The maximum Gasteiger partial charge on any atom is 0.145 e. The van der Waals surface area contributed by atoms with E-state index in [-0.39, 0.29) is 11.1 Å². The molecular weight excluding hydrogens is 380 g/mol. The van der Waals surface area contributed by atoms with Gasteiger partial charge in [0.2, 0.25) is 0 Å². The quantitative estimate of drug-likeness (QED) is 0.389. The molecule has 0 bridgehead atoms. The highest BCUT2D eigenvalue weighted by atomic mass is 16.5. The van der Waals surface area contributed by atoms with E-state index in [4.69, 9.17) is 9.73 Å². The zero-order valence-electron chi connectivity index (χ0n) is 19.8. The Morgan fingerprint density at radius 3 is 2.58 bits per heavy atom. The number of benzene rings is 1. The highest BCUT2D eigenvalue weighted by molar-refractivity contribution is 5.89. The maximum absolute atomic E-state index is 6.02. The molecule has 1 unspecified atom stereocenters. The molecule has 3 heteroatoms. The van der Waals surface area contributed by atoms with E-state index < -0.39 is 0 Å². The van der Waals surface area contributed by atoms with Crippen molar-refractivity contribution in [3.63, 3.8) is 0 Å². The fourth-order valence-electron chi connectivity index (χ4n) is 4.30. The van der Waals surface area contributed by atoms with Crippen LogP contribution >= 0.6 is 0 Å². The van der Waals surface area contributed by atoms with E-state index in [1.807, 2.05) is 30.3 Å².